The third kappa shape index (κ3) is 36.8. The molecule has 3 unspecified atom stereocenters. The van der Waals surface area contributed by atoms with Crippen molar-refractivity contribution in [3.63, 3.8) is 0 Å². The van der Waals surface area contributed by atoms with E-state index >= 15 is 0 Å². The zero-order valence-electron chi connectivity index (χ0n) is 20.5. The molecule has 7 nitrogen and oxygen atoms in total. The van der Waals surface area contributed by atoms with Crippen molar-refractivity contribution in [2.75, 3.05) is 0 Å². The van der Waals surface area contributed by atoms with E-state index in [0.29, 0.717) is 12.3 Å². The molecule has 0 spiro atoms. The fourth-order valence-corrected chi connectivity index (χ4v) is 3.15. The topological polar surface area (TPSA) is 132 Å². The zero-order chi connectivity index (χ0) is 25.4. The zero-order valence-corrected chi connectivity index (χ0v) is 23.0. The second-order valence-corrected chi connectivity index (χ2v) is 10.1. The number of halogens is 1. The number of hydrogen-bond donors (Lipinski definition) is 4. The highest BCUT2D eigenvalue weighted by Gasteiger charge is 2.11. The van der Waals surface area contributed by atoms with Gasteiger partial charge in [0, 0.05) is 11.0 Å². The van der Waals surface area contributed by atoms with Gasteiger partial charge in [-0.05, 0) is 18.3 Å². The first-order chi connectivity index (χ1) is 15.0. The van der Waals surface area contributed by atoms with Crippen molar-refractivity contribution < 1.29 is 34.2 Å². The Morgan fingerprint density at radius 1 is 0.750 bits per heavy atom. The highest BCUT2D eigenvalue weighted by molar-refractivity contribution is 9.10. The first kappa shape index (κ1) is 36.0. The summed E-state index contributed by atoms with van der Waals surface area (Å²) in [4.78, 5) is 34.5. The van der Waals surface area contributed by atoms with E-state index in [1.54, 1.807) is 0 Å². The summed E-state index contributed by atoms with van der Waals surface area (Å²) >= 11 is 3.18. The number of alkyl halides is 1. The van der Waals surface area contributed by atoms with E-state index in [9.17, 15) is 9.59 Å². The van der Waals surface area contributed by atoms with Gasteiger partial charge in [0.05, 0.1) is 0 Å². The van der Waals surface area contributed by atoms with Crippen LogP contribution >= 0.6 is 24.2 Å². The summed E-state index contributed by atoms with van der Waals surface area (Å²) in [5.74, 6) is -0.201. The first-order valence-corrected chi connectivity index (χ1v) is 14.0. The first-order valence-electron chi connectivity index (χ1n) is 11.9. The Hall–Kier alpha value is -0.560. The summed E-state index contributed by atoms with van der Waals surface area (Å²) < 4.78 is 8.70. The van der Waals surface area contributed by atoms with Crippen molar-refractivity contribution in [1.82, 2.24) is 0 Å². The SMILES string of the molecule is CCC(C)CC(=O)O.CCC(C)CCCCCCCCCCCC(Br)C(=O)O.O=[P+](O)O. The monoisotopic (exact) mass is 545 g/mol. The molecular weight excluding hydrogens is 499 g/mol. The number of aliphatic carboxylic acids is 2. The van der Waals surface area contributed by atoms with E-state index in [0.717, 1.165) is 25.2 Å². The van der Waals surface area contributed by atoms with Gasteiger partial charge in [-0.15, -0.1) is 9.79 Å². The molecule has 4 N–H and O–H groups in total. The lowest BCUT2D eigenvalue weighted by molar-refractivity contribution is -0.138. The molecule has 0 radical (unpaired) electrons. The Bertz CT molecular complexity index is 460. The molecule has 0 saturated carbocycles. The van der Waals surface area contributed by atoms with E-state index in [4.69, 9.17) is 24.6 Å². The lowest BCUT2D eigenvalue weighted by atomic mass is 9.99. The lowest BCUT2D eigenvalue weighted by Gasteiger charge is -2.07. The van der Waals surface area contributed by atoms with Crippen LogP contribution in [0.4, 0.5) is 0 Å². The van der Waals surface area contributed by atoms with Crippen LogP contribution in [0.3, 0.4) is 0 Å². The van der Waals surface area contributed by atoms with Crippen molar-refractivity contribution in [3.05, 3.63) is 0 Å². The molecule has 0 saturated heterocycles. The lowest BCUT2D eigenvalue weighted by Crippen LogP contribution is -2.11. The minimum Gasteiger partial charge on any atom is -0.481 e. The average Bonchev–Trinajstić information content (AvgIpc) is 2.70. The molecule has 0 aliphatic rings. The summed E-state index contributed by atoms with van der Waals surface area (Å²) in [7, 11) is -2.87. The maximum absolute atomic E-state index is 10.6. The summed E-state index contributed by atoms with van der Waals surface area (Å²) in [5.41, 5.74) is 0. The molecule has 192 valence electrons. The van der Waals surface area contributed by atoms with Crippen LogP contribution in [0.25, 0.3) is 0 Å². The smallest absolute Gasteiger partial charge is 0.481 e. The van der Waals surface area contributed by atoms with E-state index in [1.807, 2.05) is 13.8 Å². The van der Waals surface area contributed by atoms with Gasteiger partial charge >= 0.3 is 20.2 Å². The number of hydrogen-bond acceptors (Lipinski definition) is 3. The van der Waals surface area contributed by atoms with Crippen molar-refractivity contribution in [2.45, 2.75) is 122 Å². The maximum atomic E-state index is 10.6. The Balaban J connectivity index is -0.000000575. The number of unbranched alkanes of at least 4 members (excludes halogenated alkanes) is 8. The van der Waals surface area contributed by atoms with Crippen LogP contribution in [0, 0.1) is 11.8 Å². The highest BCUT2D eigenvalue weighted by atomic mass is 79.9. The van der Waals surface area contributed by atoms with Gasteiger partial charge in [0.1, 0.15) is 4.83 Å². The maximum Gasteiger partial charge on any atom is 0.692 e. The van der Waals surface area contributed by atoms with Crippen LogP contribution in [-0.4, -0.2) is 36.8 Å². The number of rotatable bonds is 17. The van der Waals surface area contributed by atoms with Crippen molar-refractivity contribution >= 4 is 36.1 Å². The number of carboxylic acids is 2. The van der Waals surface area contributed by atoms with Gasteiger partial charge in [-0.2, -0.15) is 0 Å². The summed E-state index contributed by atoms with van der Waals surface area (Å²) in [5, 5.41) is 16.9. The van der Waals surface area contributed by atoms with Crippen LogP contribution in [0.15, 0.2) is 0 Å². The van der Waals surface area contributed by atoms with Crippen LogP contribution in [0.5, 0.6) is 0 Å². The molecule has 0 amide bonds. The van der Waals surface area contributed by atoms with Gasteiger partial charge in [-0.3, -0.25) is 9.59 Å². The van der Waals surface area contributed by atoms with Crippen molar-refractivity contribution in [1.29, 1.82) is 0 Å². The summed E-state index contributed by atoms with van der Waals surface area (Å²) in [6.45, 7) is 8.56. The normalized spacial score (nSPS) is 13.0. The van der Waals surface area contributed by atoms with Gasteiger partial charge in [0.2, 0.25) is 0 Å². The molecule has 9 heteroatoms. The second kappa shape index (κ2) is 26.7. The summed E-state index contributed by atoms with van der Waals surface area (Å²) in [6, 6.07) is 0. The molecule has 0 aliphatic heterocycles. The number of carbonyl (C=O) groups is 2. The minimum absolute atomic E-state index is 0.302. The predicted molar refractivity (Wildman–Crippen MR) is 134 cm³/mol. The van der Waals surface area contributed by atoms with Crippen LogP contribution in [0.1, 0.15) is 118 Å². The Morgan fingerprint density at radius 3 is 1.38 bits per heavy atom. The Labute approximate surface area is 204 Å². The van der Waals surface area contributed by atoms with Gasteiger partial charge in [-0.25, -0.2) is 0 Å². The number of carboxylic acid groups (broad SMARTS) is 2. The van der Waals surface area contributed by atoms with Crippen LogP contribution in [0.2, 0.25) is 0 Å². The minimum atomic E-state index is -2.87. The standard InChI is InChI=1S/C17H33BrO2.C6H12O2.HO3P/c1-3-15(2)13-11-9-7-5-4-6-8-10-12-14-16(18)17(19)20;1-3-5(2)4-6(7)8;1-4(2)3/h15-16H,3-14H2,1-2H3,(H,19,20);5H,3-4H2,1-2H3,(H,7,8);(H-,1,2,3)/p+1. The molecule has 32 heavy (non-hydrogen) atoms. The Kier molecular flexibility index (Phi) is 30.0. The molecule has 0 fully saturated rings. The molecule has 0 aromatic rings. The second-order valence-electron chi connectivity index (χ2n) is 8.44. The van der Waals surface area contributed by atoms with Crippen LogP contribution in [-0.2, 0) is 14.2 Å². The molecule has 0 bridgehead atoms. The molecule has 0 rings (SSSR count). The van der Waals surface area contributed by atoms with Gasteiger partial charge in [0.15, 0.2) is 0 Å². The fraction of sp³-hybridized carbons (Fsp3) is 0.913. The van der Waals surface area contributed by atoms with Gasteiger partial charge < -0.3 is 10.2 Å². The molecule has 0 heterocycles. The van der Waals surface area contributed by atoms with Crippen LogP contribution < -0.4 is 0 Å². The quantitative estimate of drug-likeness (QED) is 0.0854. The highest BCUT2D eigenvalue weighted by Crippen LogP contribution is 2.16. The van der Waals surface area contributed by atoms with Crippen molar-refractivity contribution in [2.24, 2.45) is 11.8 Å². The van der Waals surface area contributed by atoms with E-state index < -0.39 is 20.2 Å². The Morgan fingerprint density at radius 2 is 1.09 bits per heavy atom. The van der Waals surface area contributed by atoms with Crippen molar-refractivity contribution in [3.8, 4) is 0 Å². The van der Waals surface area contributed by atoms with E-state index in [2.05, 4.69) is 29.8 Å². The van der Waals surface area contributed by atoms with Gasteiger partial charge in [-0.1, -0.05) is 121 Å². The van der Waals surface area contributed by atoms with E-state index in [1.165, 1.54) is 64.2 Å². The third-order valence-corrected chi connectivity index (χ3v) is 6.19. The van der Waals surface area contributed by atoms with E-state index in [-0.39, 0.29) is 4.83 Å². The van der Waals surface area contributed by atoms with Gasteiger partial charge in [0.25, 0.3) is 0 Å². The molecule has 0 aliphatic carbocycles. The molecular formula is C23H47BrO7P+. The fourth-order valence-electron chi connectivity index (χ4n) is 2.82. The third-order valence-electron chi connectivity index (χ3n) is 5.34. The molecule has 0 aromatic carbocycles. The summed E-state index contributed by atoms with van der Waals surface area (Å²) in [6.07, 6.45) is 16.4. The largest absolute Gasteiger partial charge is 0.692 e. The molecule has 0 aromatic heterocycles. The average molecular weight is 547 g/mol. The predicted octanol–water partition coefficient (Wildman–Crippen LogP) is 7.31. The molecule has 3 atom stereocenters.